The highest BCUT2D eigenvalue weighted by atomic mass is 16.4. The molecule has 0 saturated carbocycles. The molecule has 1 aromatic carbocycles. The van der Waals surface area contributed by atoms with E-state index >= 15 is 0 Å². The molecule has 4 nitrogen and oxygen atoms in total. The van der Waals surface area contributed by atoms with Gasteiger partial charge in [0.1, 0.15) is 5.75 Å². The van der Waals surface area contributed by atoms with Gasteiger partial charge in [-0.15, -0.1) is 0 Å². The monoisotopic (exact) mass is 215 g/mol. The zero-order chi connectivity index (χ0) is 11.5. The molecule has 0 spiro atoms. The minimum atomic E-state index is -1.02. The Bertz CT molecular complexity index is 520. The molecular formula is C12H9NO3. The molecule has 0 aliphatic rings. The summed E-state index contributed by atoms with van der Waals surface area (Å²) in [6.45, 7) is 0. The summed E-state index contributed by atoms with van der Waals surface area (Å²) in [5.74, 6) is -0.882. The standard InChI is InChI=1S/C12H9NO3/c14-9-5-3-8(4-6-9)11-10(12(15)16)2-1-7-13-11/h1-7,14H,(H,15,16). The van der Waals surface area contributed by atoms with E-state index in [0.29, 0.717) is 11.3 Å². The molecule has 4 heteroatoms. The fourth-order valence-corrected chi connectivity index (χ4v) is 1.43. The molecule has 0 aliphatic heterocycles. The van der Waals surface area contributed by atoms with Gasteiger partial charge in [0.2, 0.25) is 0 Å². The van der Waals surface area contributed by atoms with Crippen LogP contribution in [0.3, 0.4) is 0 Å². The van der Waals surface area contributed by atoms with Gasteiger partial charge in [0.25, 0.3) is 0 Å². The van der Waals surface area contributed by atoms with Gasteiger partial charge in [-0.1, -0.05) is 0 Å². The van der Waals surface area contributed by atoms with E-state index in [4.69, 9.17) is 10.2 Å². The summed E-state index contributed by atoms with van der Waals surface area (Å²) in [6.07, 6.45) is 1.54. The Morgan fingerprint density at radius 2 is 1.81 bits per heavy atom. The Morgan fingerprint density at radius 1 is 1.12 bits per heavy atom. The van der Waals surface area contributed by atoms with Crippen LogP contribution in [0.1, 0.15) is 10.4 Å². The van der Waals surface area contributed by atoms with E-state index in [1.165, 1.54) is 24.4 Å². The van der Waals surface area contributed by atoms with E-state index in [9.17, 15) is 4.79 Å². The Hall–Kier alpha value is -2.36. The number of pyridine rings is 1. The van der Waals surface area contributed by atoms with E-state index in [-0.39, 0.29) is 11.3 Å². The van der Waals surface area contributed by atoms with Crippen molar-refractivity contribution in [1.82, 2.24) is 4.98 Å². The predicted molar refractivity (Wildman–Crippen MR) is 58.3 cm³/mol. The number of nitrogens with zero attached hydrogens (tertiary/aromatic N) is 1. The van der Waals surface area contributed by atoms with Crippen LogP contribution in [0.2, 0.25) is 0 Å². The number of carbonyl (C=O) groups is 1. The number of carboxylic acid groups (broad SMARTS) is 1. The highest BCUT2D eigenvalue weighted by Crippen LogP contribution is 2.23. The number of phenolic OH excluding ortho intramolecular Hbond substituents is 1. The van der Waals surface area contributed by atoms with E-state index in [2.05, 4.69) is 4.98 Å². The maximum absolute atomic E-state index is 11.0. The lowest BCUT2D eigenvalue weighted by Crippen LogP contribution is -2.00. The van der Waals surface area contributed by atoms with Crippen molar-refractivity contribution in [1.29, 1.82) is 0 Å². The average Bonchev–Trinajstić information content (AvgIpc) is 2.30. The van der Waals surface area contributed by atoms with Gasteiger partial charge in [-0.05, 0) is 36.4 Å². The second kappa shape index (κ2) is 4.02. The number of hydrogen-bond donors (Lipinski definition) is 2. The van der Waals surface area contributed by atoms with Gasteiger partial charge < -0.3 is 10.2 Å². The quantitative estimate of drug-likeness (QED) is 0.805. The third-order valence-electron chi connectivity index (χ3n) is 2.18. The Balaban J connectivity index is 2.55. The molecule has 0 amide bonds. The number of carboxylic acids is 1. The van der Waals surface area contributed by atoms with Crippen LogP contribution in [0.15, 0.2) is 42.6 Å². The number of aromatic hydroxyl groups is 1. The summed E-state index contributed by atoms with van der Waals surface area (Å²) in [5.41, 5.74) is 1.21. The van der Waals surface area contributed by atoms with Crippen molar-refractivity contribution in [2.24, 2.45) is 0 Å². The van der Waals surface area contributed by atoms with Gasteiger partial charge in [-0.3, -0.25) is 4.98 Å². The van der Waals surface area contributed by atoms with Crippen molar-refractivity contribution < 1.29 is 15.0 Å². The number of phenols is 1. The third-order valence-corrected chi connectivity index (χ3v) is 2.18. The number of hydrogen-bond acceptors (Lipinski definition) is 3. The van der Waals surface area contributed by atoms with Crippen molar-refractivity contribution in [2.75, 3.05) is 0 Å². The number of aromatic carboxylic acids is 1. The molecule has 2 rings (SSSR count). The number of rotatable bonds is 2. The van der Waals surface area contributed by atoms with Crippen LogP contribution in [0.4, 0.5) is 0 Å². The summed E-state index contributed by atoms with van der Waals surface area (Å²) in [5, 5.41) is 18.1. The average molecular weight is 215 g/mol. The largest absolute Gasteiger partial charge is 0.508 e. The molecule has 0 atom stereocenters. The van der Waals surface area contributed by atoms with Crippen LogP contribution in [0, 0.1) is 0 Å². The van der Waals surface area contributed by atoms with E-state index < -0.39 is 5.97 Å². The van der Waals surface area contributed by atoms with E-state index in [1.54, 1.807) is 18.2 Å². The van der Waals surface area contributed by atoms with Crippen LogP contribution in [-0.4, -0.2) is 21.2 Å². The van der Waals surface area contributed by atoms with Crippen molar-refractivity contribution >= 4 is 5.97 Å². The lowest BCUT2D eigenvalue weighted by atomic mass is 10.1. The lowest BCUT2D eigenvalue weighted by Gasteiger charge is -2.04. The molecule has 0 aliphatic carbocycles. The topological polar surface area (TPSA) is 70.4 Å². The predicted octanol–water partition coefficient (Wildman–Crippen LogP) is 2.15. The first kappa shape index (κ1) is 10.2. The highest BCUT2D eigenvalue weighted by Gasteiger charge is 2.11. The van der Waals surface area contributed by atoms with Crippen LogP contribution in [-0.2, 0) is 0 Å². The first-order valence-electron chi connectivity index (χ1n) is 4.66. The number of aromatic nitrogens is 1. The summed E-state index contributed by atoms with van der Waals surface area (Å²) >= 11 is 0. The van der Waals surface area contributed by atoms with Crippen molar-refractivity contribution in [3.05, 3.63) is 48.2 Å². The fraction of sp³-hybridized carbons (Fsp3) is 0. The van der Waals surface area contributed by atoms with Gasteiger partial charge >= 0.3 is 5.97 Å². The van der Waals surface area contributed by atoms with Crippen LogP contribution in [0.25, 0.3) is 11.3 Å². The van der Waals surface area contributed by atoms with Gasteiger partial charge in [-0.25, -0.2) is 4.79 Å². The molecular weight excluding hydrogens is 206 g/mol. The SMILES string of the molecule is O=C(O)c1cccnc1-c1ccc(O)cc1. The molecule has 0 bridgehead atoms. The fourth-order valence-electron chi connectivity index (χ4n) is 1.43. The van der Waals surface area contributed by atoms with Gasteiger partial charge in [0.15, 0.2) is 0 Å². The maximum atomic E-state index is 11.0. The van der Waals surface area contributed by atoms with E-state index in [0.717, 1.165) is 0 Å². The summed E-state index contributed by atoms with van der Waals surface area (Å²) in [6, 6.07) is 9.32. The molecule has 2 N–H and O–H groups in total. The minimum absolute atomic E-state index is 0.136. The zero-order valence-corrected chi connectivity index (χ0v) is 8.29. The number of benzene rings is 1. The normalized spacial score (nSPS) is 10.0. The Labute approximate surface area is 91.8 Å². The van der Waals surface area contributed by atoms with Crippen molar-refractivity contribution in [3.63, 3.8) is 0 Å². The molecule has 0 saturated heterocycles. The molecule has 0 radical (unpaired) electrons. The maximum Gasteiger partial charge on any atom is 0.337 e. The van der Waals surface area contributed by atoms with Crippen LogP contribution in [0.5, 0.6) is 5.75 Å². The summed E-state index contributed by atoms with van der Waals surface area (Å²) in [7, 11) is 0. The van der Waals surface area contributed by atoms with E-state index in [1.807, 2.05) is 0 Å². The van der Waals surface area contributed by atoms with Crippen molar-refractivity contribution in [3.8, 4) is 17.0 Å². The first-order chi connectivity index (χ1) is 7.68. The smallest absolute Gasteiger partial charge is 0.337 e. The van der Waals surface area contributed by atoms with Crippen LogP contribution < -0.4 is 0 Å². The molecule has 1 heterocycles. The second-order valence-electron chi connectivity index (χ2n) is 3.25. The minimum Gasteiger partial charge on any atom is -0.508 e. The molecule has 80 valence electrons. The van der Waals surface area contributed by atoms with Gasteiger partial charge in [0, 0.05) is 11.8 Å². The lowest BCUT2D eigenvalue weighted by molar-refractivity contribution is 0.0697. The van der Waals surface area contributed by atoms with Crippen LogP contribution >= 0.6 is 0 Å². The Morgan fingerprint density at radius 3 is 2.44 bits per heavy atom. The molecule has 1 aromatic heterocycles. The van der Waals surface area contributed by atoms with Crippen molar-refractivity contribution in [2.45, 2.75) is 0 Å². The first-order valence-corrected chi connectivity index (χ1v) is 4.66. The summed E-state index contributed by atoms with van der Waals surface area (Å²) < 4.78 is 0. The molecule has 16 heavy (non-hydrogen) atoms. The van der Waals surface area contributed by atoms with Gasteiger partial charge in [0.05, 0.1) is 11.3 Å². The highest BCUT2D eigenvalue weighted by molar-refractivity contribution is 5.94. The molecule has 0 fully saturated rings. The summed E-state index contributed by atoms with van der Waals surface area (Å²) in [4.78, 5) is 15.0. The second-order valence-corrected chi connectivity index (χ2v) is 3.25. The zero-order valence-electron chi connectivity index (χ0n) is 8.29. The third kappa shape index (κ3) is 1.86. The molecule has 2 aromatic rings. The Kier molecular flexibility index (Phi) is 2.55. The van der Waals surface area contributed by atoms with Gasteiger partial charge in [-0.2, -0.15) is 0 Å². The molecule has 0 unspecified atom stereocenters.